The number of unbranched alkanes of at least 4 members (excludes halogenated alkanes) is 2. The molecule has 162 valence electrons. The number of methoxy groups -OCH3 is 1. The topological polar surface area (TPSA) is 60.5 Å². The molecule has 0 atom stereocenters. The Bertz CT molecular complexity index is 1050. The van der Waals surface area contributed by atoms with Gasteiger partial charge in [0.1, 0.15) is 0 Å². The van der Waals surface area contributed by atoms with E-state index in [1.807, 2.05) is 47.8 Å². The van der Waals surface area contributed by atoms with E-state index in [1.54, 1.807) is 13.2 Å². The number of amides is 1. The lowest BCUT2D eigenvalue weighted by atomic mass is 10.2. The summed E-state index contributed by atoms with van der Waals surface area (Å²) in [5.41, 5.74) is 2.40. The summed E-state index contributed by atoms with van der Waals surface area (Å²) >= 11 is 7.57. The van der Waals surface area contributed by atoms with Crippen molar-refractivity contribution in [2.45, 2.75) is 26.2 Å². The van der Waals surface area contributed by atoms with Crippen LogP contribution in [0.25, 0.3) is 17.3 Å². The Morgan fingerprint density at radius 3 is 2.81 bits per heavy atom. The number of aromatic nitrogens is 1. The third kappa shape index (κ3) is 6.57. The summed E-state index contributed by atoms with van der Waals surface area (Å²) in [5, 5.41) is 5.78. The average Bonchev–Trinajstić information content (AvgIpc) is 3.24. The molecule has 0 aliphatic carbocycles. The van der Waals surface area contributed by atoms with Gasteiger partial charge in [0.2, 0.25) is 5.91 Å². The fourth-order valence-electron chi connectivity index (χ4n) is 2.88. The standard InChI is InChI=1S/C24H25ClN2O3S/c1-3-4-7-14-30-21-12-10-17(15-22(21)29-2)11-13-23(28)27-24-26-20(16-31-24)18-8-5-6-9-19(18)25/h5-6,8-13,15-16H,3-4,7,14H2,1-2H3,(H,26,27,28)/b13-11+. The maximum atomic E-state index is 12.3. The molecular formula is C24H25ClN2O3S. The van der Waals surface area contributed by atoms with E-state index in [-0.39, 0.29) is 5.91 Å². The SMILES string of the molecule is CCCCCOc1ccc(/C=C/C(=O)Nc2nc(-c3ccccc3Cl)cs2)cc1OC. The van der Waals surface area contributed by atoms with E-state index in [0.29, 0.717) is 28.3 Å². The number of hydrogen-bond donors (Lipinski definition) is 1. The number of hydrogen-bond acceptors (Lipinski definition) is 5. The van der Waals surface area contributed by atoms with Gasteiger partial charge in [-0.1, -0.05) is 55.6 Å². The highest BCUT2D eigenvalue weighted by Crippen LogP contribution is 2.31. The number of nitrogens with one attached hydrogen (secondary N) is 1. The summed E-state index contributed by atoms with van der Waals surface area (Å²) in [6, 6.07) is 13.1. The van der Waals surface area contributed by atoms with Gasteiger partial charge in [-0.2, -0.15) is 0 Å². The Hall–Kier alpha value is -2.83. The summed E-state index contributed by atoms with van der Waals surface area (Å²) < 4.78 is 11.2. The van der Waals surface area contributed by atoms with Crippen LogP contribution in [0.4, 0.5) is 5.13 Å². The molecule has 0 saturated carbocycles. The van der Waals surface area contributed by atoms with Gasteiger partial charge in [-0.25, -0.2) is 4.98 Å². The van der Waals surface area contributed by atoms with Crippen LogP contribution in [0.1, 0.15) is 31.7 Å². The van der Waals surface area contributed by atoms with Crippen LogP contribution in [0.5, 0.6) is 11.5 Å². The molecule has 5 nitrogen and oxygen atoms in total. The summed E-state index contributed by atoms with van der Waals surface area (Å²) in [6.45, 7) is 2.82. The summed E-state index contributed by atoms with van der Waals surface area (Å²) in [4.78, 5) is 16.8. The summed E-state index contributed by atoms with van der Waals surface area (Å²) in [6.07, 6.45) is 6.48. The van der Waals surface area contributed by atoms with E-state index in [1.165, 1.54) is 17.4 Å². The first-order valence-electron chi connectivity index (χ1n) is 10.1. The minimum Gasteiger partial charge on any atom is -0.493 e. The monoisotopic (exact) mass is 456 g/mol. The number of anilines is 1. The zero-order chi connectivity index (χ0) is 22.1. The molecule has 0 saturated heterocycles. The summed E-state index contributed by atoms with van der Waals surface area (Å²) in [7, 11) is 1.60. The van der Waals surface area contributed by atoms with E-state index < -0.39 is 0 Å². The van der Waals surface area contributed by atoms with E-state index in [0.717, 1.165) is 36.1 Å². The van der Waals surface area contributed by atoms with Gasteiger partial charge in [0, 0.05) is 22.0 Å². The molecule has 3 rings (SSSR count). The Kier molecular flexibility index (Phi) is 8.50. The van der Waals surface area contributed by atoms with Gasteiger partial charge in [-0.15, -0.1) is 11.3 Å². The summed E-state index contributed by atoms with van der Waals surface area (Å²) in [5.74, 6) is 1.08. The Morgan fingerprint density at radius 2 is 2.03 bits per heavy atom. The molecule has 1 heterocycles. The van der Waals surface area contributed by atoms with Crippen LogP contribution in [0.3, 0.4) is 0 Å². The van der Waals surface area contributed by atoms with Gasteiger partial charge >= 0.3 is 0 Å². The number of halogens is 1. The van der Waals surface area contributed by atoms with Crippen LogP contribution in [0, 0.1) is 0 Å². The van der Waals surface area contributed by atoms with E-state index in [2.05, 4.69) is 17.2 Å². The second-order valence-corrected chi connectivity index (χ2v) is 8.07. The normalized spacial score (nSPS) is 10.9. The second kappa shape index (κ2) is 11.5. The Labute approximate surface area is 191 Å². The Balaban J connectivity index is 1.60. The molecule has 0 fully saturated rings. The van der Waals surface area contributed by atoms with Crippen LogP contribution in [0.2, 0.25) is 5.02 Å². The van der Waals surface area contributed by atoms with Crippen LogP contribution >= 0.6 is 22.9 Å². The lowest BCUT2D eigenvalue weighted by Crippen LogP contribution is -2.07. The average molecular weight is 457 g/mol. The highest BCUT2D eigenvalue weighted by Gasteiger charge is 2.09. The van der Waals surface area contributed by atoms with Crippen LogP contribution < -0.4 is 14.8 Å². The number of nitrogens with zero attached hydrogens (tertiary/aromatic N) is 1. The first-order valence-corrected chi connectivity index (χ1v) is 11.4. The fraction of sp³-hybridized carbons (Fsp3) is 0.250. The van der Waals surface area contributed by atoms with Crippen molar-refractivity contribution in [3.63, 3.8) is 0 Å². The van der Waals surface area contributed by atoms with Crippen molar-refractivity contribution in [3.05, 3.63) is 64.5 Å². The van der Waals surface area contributed by atoms with Gasteiger partial charge in [0.15, 0.2) is 16.6 Å². The predicted octanol–water partition coefficient (Wildman–Crippen LogP) is 6.69. The van der Waals surface area contributed by atoms with E-state index in [9.17, 15) is 4.79 Å². The number of carbonyl (C=O) groups is 1. The molecule has 0 unspecified atom stereocenters. The van der Waals surface area contributed by atoms with Gasteiger partial charge in [0.05, 0.1) is 19.4 Å². The largest absolute Gasteiger partial charge is 0.493 e. The minimum absolute atomic E-state index is 0.265. The molecule has 0 aliphatic rings. The van der Waals surface area contributed by atoms with Crippen LogP contribution in [-0.2, 0) is 4.79 Å². The maximum absolute atomic E-state index is 12.3. The van der Waals surface area contributed by atoms with Crippen molar-refractivity contribution in [1.29, 1.82) is 0 Å². The lowest BCUT2D eigenvalue weighted by Gasteiger charge is -2.11. The molecule has 3 aromatic rings. The van der Waals surface area contributed by atoms with Gasteiger partial charge < -0.3 is 9.47 Å². The number of thiazole rings is 1. The van der Waals surface area contributed by atoms with Crippen molar-refractivity contribution < 1.29 is 14.3 Å². The molecule has 0 aliphatic heterocycles. The first kappa shape index (κ1) is 22.8. The molecule has 1 amide bonds. The number of benzene rings is 2. The van der Waals surface area contributed by atoms with Crippen molar-refractivity contribution in [3.8, 4) is 22.8 Å². The van der Waals surface area contributed by atoms with Crippen molar-refractivity contribution >= 4 is 40.1 Å². The predicted molar refractivity (Wildman–Crippen MR) is 128 cm³/mol. The van der Waals surface area contributed by atoms with E-state index >= 15 is 0 Å². The van der Waals surface area contributed by atoms with Gasteiger partial charge in [-0.3, -0.25) is 10.1 Å². The molecular weight excluding hydrogens is 432 g/mol. The molecule has 0 bridgehead atoms. The lowest BCUT2D eigenvalue weighted by molar-refractivity contribution is -0.111. The third-order valence-electron chi connectivity index (χ3n) is 4.50. The molecule has 1 aromatic heterocycles. The highest BCUT2D eigenvalue weighted by molar-refractivity contribution is 7.14. The molecule has 31 heavy (non-hydrogen) atoms. The number of carbonyl (C=O) groups excluding carboxylic acids is 1. The molecule has 0 spiro atoms. The Morgan fingerprint density at radius 1 is 1.19 bits per heavy atom. The fourth-order valence-corrected chi connectivity index (χ4v) is 3.83. The van der Waals surface area contributed by atoms with Crippen molar-refractivity contribution in [2.75, 3.05) is 19.0 Å². The number of ether oxygens (including phenoxy) is 2. The molecule has 2 aromatic carbocycles. The molecule has 1 N–H and O–H groups in total. The highest BCUT2D eigenvalue weighted by atomic mass is 35.5. The maximum Gasteiger partial charge on any atom is 0.250 e. The molecule has 7 heteroatoms. The third-order valence-corrected chi connectivity index (χ3v) is 5.59. The van der Waals surface area contributed by atoms with Gasteiger partial charge in [0.25, 0.3) is 0 Å². The smallest absolute Gasteiger partial charge is 0.250 e. The molecule has 0 radical (unpaired) electrons. The van der Waals surface area contributed by atoms with Crippen LogP contribution in [-0.4, -0.2) is 24.6 Å². The first-order chi connectivity index (χ1) is 15.1. The van der Waals surface area contributed by atoms with Crippen LogP contribution in [0.15, 0.2) is 53.9 Å². The second-order valence-electron chi connectivity index (χ2n) is 6.81. The van der Waals surface area contributed by atoms with Crippen molar-refractivity contribution in [1.82, 2.24) is 4.98 Å². The van der Waals surface area contributed by atoms with Crippen molar-refractivity contribution in [2.24, 2.45) is 0 Å². The quantitative estimate of drug-likeness (QED) is 0.272. The van der Waals surface area contributed by atoms with E-state index in [4.69, 9.17) is 21.1 Å². The number of rotatable bonds is 10. The zero-order valence-corrected chi connectivity index (χ0v) is 19.1. The van der Waals surface area contributed by atoms with Gasteiger partial charge in [-0.05, 0) is 36.3 Å². The minimum atomic E-state index is -0.265. The zero-order valence-electron chi connectivity index (χ0n) is 17.6.